The third-order valence-corrected chi connectivity index (χ3v) is 2.43. The summed E-state index contributed by atoms with van der Waals surface area (Å²) in [6, 6.07) is 5.45. The summed E-state index contributed by atoms with van der Waals surface area (Å²) in [6.07, 6.45) is 0. The molecule has 0 saturated carbocycles. The fraction of sp³-hybridized carbons (Fsp3) is 0.286. The summed E-state index contributed by atoms with van der Waals surface area (Å²) in [7, 11) is 2.32. The number of benzene rings is 1. The maximum absolute atomic E-state index is 11.7. The van der Waals surface area contributed by atoms with Gasteiger partial charge >= 0.3 is 23.9 Å². The quantitative estimate of drug-likeness (QED) is 0.547. The van der Waals surface area contributed by atoms with E-state index in [0.29, 0.717) is 0 Å². The Bertz CT molecular complexity index is 531. The molecular weight excluding hydrogens is 296 g/mol. The van der Waals surface area contributed by atoms with Gasteiger partial charge in [-0.25, -0.2) is 19.2 Å². The molecule has 118 valence electrons. The first-order valence-electron chi connectivity index (χ1n) is 6.06. The van der Waals surface area contributed by atoms with Crippen LogP contribution in [0.5, 0.6) is 0 Å². The Hall–Kier alpha value is -2.90. The average molecular weight is 310 g/mol. The Balaban J connectivity index is 2.68. The van der Waals surface area contributed by atoms with Crippen molar-refractivity contribution in [3.8, 4) is 0 Å². The minimum atomic E-state index is -0.798. The molecule has 0 aromatic heterocycles. The molecule has 8 nitrogen and oxygen atoms in total. The van der Waals surface area contributed by atoms with E-state index >= 15 is 0 Å². The lowest BCUT2D eigenvalue weighted by Gasteiger charge is -2.06. The van der Waals surface area contributed by atoms with Gasteiger partial charge in [0.05, 0.1) is 25.3 Å². The number of hydrogen-bond donors (Lipinski definition) is 0. The van der Waals surface area contributed by atoms with Crippen molar-refractivity contribution in [1.82, 2.24) is 0 Å². The topological polar surface area (TPSA) is 105 Å². The third-order valence-electron chi connectivity index (χ3n) is 2.43. The predicted octanol–water partition coefficient (Wildman–Crippen LogP) is 0.346. The maximum atomic E-state index is 11.7. The Morgan fingerprint density at radius 1 is 0.818 bits per heavy atom. The van der Waals surface area contributed by atoms with Crippen LogP contribution in [0.2, 0.25) is 0 Å². The summed E-state index contributed by atoms with van der Waals surface area (Å²) in [5.74, 6) is -3.01. The van der Waals surface area contributed by atoms with Crippen LogP contribution in [0, 0.1) is 0 Å². The van der Waals surface area contributed by atoms with E-state index in [1.54, 1.807) is 0 Å². The Morgan fingerprint density at radius 2 is 1.23 bits per heavy atom. The van der Waals surface area contributed by atoms with Crippen LogP contribution in [0.25, 0.3) is 0 Å². The molecule has 0 aliphatic heterocycles. The van der Waals surface area contributed by atoms with E-state index in [2.05, 4.69) is 9.47 Å². The first kappa shape index (κ1) is 17.2. The molecule has 1 aromatic carbocycles. The van der Waals surface area contributed by atoms with Crippen LogP contribution in [-0.4, -0.2) is 51.3 Å². The Labute approximate surface area is 125 Å². The first-order chi connectivity index (χ1) is 10.5. The highest BCUT2D eigenvalue weighted by molar-refractivity contribution is 5.96. The highest BCUT2D eigenvalue weighted by Crippen LogP contribution is 2.08. The van der Waals surface area contributed by atoms with E-state index in [0.717, 1.165) is 14.2 Å². The van der Waals surface area contributed by atoms with E-state index < -0.39 is 37.1 Å². The fourth-order valence-corrected chi connectivity index (χ4v) is 1.31. The summed E-state index contributed by atoms with van der Waals surface area (Å²) in [5, 5.41) is 0. The Morgan fingerprint density at radius 3 is 1.59 bits per heavy atom. The Kier molecular flexibility index (Phi) is 6.55. The maximum Gasteiger partial charge on any atom is 0.344 e. The zero-order chi connectivity index (χ0) is 16.5. The van der Waals surface area contributed by atoms with Gasteiger partial charge < -0.3 is 18.9 Å². The van der Waals surface area contributed by atoms with Gasteiger partial charge in [0.25, 0.3) is 0 Å². The van der Waals surface area contributed by atoms with Crippen LogP contribution in [0.3, 0.4) is 0 Å². The third kappa shape index (κ3) is 5.23. The van der Waals surface area contributed by atoms with E-state index in [1.807, 2.05) is 0 Å². The van der Waals surface area contributed by atoms with Crippen LogP contribution in [0.4, 0.5) is 0 Å². The van der Waals surface area contributed by atoms with Crippen LogP contribution in [-0.2, 0) is 28.5 Å². The van der Waals surface area contributed by atoms with Gasteiger partial charge in [-0.15, -0.1) is 0 Å². The monoisotopic (exact) mass is 310 g/mol. The summed E-state index contributed by atoms with van der Waals surface area (Å²) in [5.41, 5.74) is 0.104. The number of esters is 4. The van der Waals surface area contributed by atoms with Crippen molar-refractivity contribution in [1.29, 1.82) is 0 Å². The van der Waals surface area contributed by atoms with E-state index in [1.165, 1.54) is 24.3 Å². The van der Waals surface area contributed by atoms with Crippen LogP contribution >= 0.6 is 0 Å². The average Bonchev–Trinajstić information content (AvgIpc) is 2.56. The lowest BCUT2D eigenvalue weighted by Crippen LogP contribution is -2.17. The van der Waals surface area contributed by atoms with Crippen molar-refractivity contribution >= 4 is 23.9 Å². The van der Waals surface area contributed by atoms with E-state index in [9.17, 15) is 19.2 Å². The molecule has 22 heavy (non-hydrogen) atoms. The van der Waals surface area contributed by atoms with Gasteiger partial charge in [0, 0.05) is 0 Å². The van der Waals surface area contributed by atoms with E-state index in [4.69, 9.17) is 9.47 Å². The van der Waals surface area contributed by atoms with Crippen molar-refractivity contribution in [3.05, 3.63) is 35.4 Å². The molecule has 0 aliphatic rings. The van der Waals surface area contributed by atoms with Crippen LogP contribution in [0.1, 0.15) is 20.7 Å². The molecule has 0 saturated heterocycles. The number of hydrogen-bond acceptors (Lipinski definition) is 8. The highest BCUT2D eigenvalue weighted by atomic mass is 16.6. The van der Waals surface area contributed by atoms with Crippen molar-refractivity contribution < 1.29 is 38.1 Å². The number of ether oxygens (including phenoxy) is 4. The molecule has 0 N–H and O–H groups in total. The number of methoxy groups -OCH3 is 2. The lowest BCUT2D eigenvalue weighted by molar-refractivity contribution is -0.144. The molecule has 0 aliphatic carbocycles. The number of carbonyl (C=O) groups excluding carboxylic acids is 4. The highest BCUT2D eigenvalue weighted by Gasteiger charge is 2.15. The lowest BCUT2D eigenvalue weighted by atomic mass is 10.1. The molecule has 0 heterocycles. The molecule has 0 spiro atoms. The molecule has 0 bridgehead atoms. The molecule has 0 unspecified atom stereocenters. The second kappa shape index (κ2) is 8.40. The van der Waals surface area contributed by atoms with Gasteiger partial charge in [0.2, 0.25) is 0 Å². The van der Waals surface area contributed by atoms with Gasteiger partial charge in [0.1, 0.15) is 0 Å². The van der Waals surface area contributed by atoms with Crippen molar-refractivity contribution in [2.24, 2.45) is 0 Å². The van der Waals surface area contributed by atoms with Gasteiger partial charge in [-0.1, -0.05) is 6.07 Å². The van der Waals surface area contributed by atoms with Crippen molar-refractivity contribution in [2.75, 3.05) is 27.4 Å². The van der Waals surface area contributed by atoms with Gasteiger partial charge in [0.15, 0.2) is 13.2 Å². The van der Waals surface area contributed by atoms with Crippen LogP contribution < -0.4 is 0 Å². The van der Waals surface area contributed by atoms with Crippen LogP contribution in [0.15, 0.2) is 24.3 Å². The molecule has 0 fully saturated rings. The largest absolute Gasteiger partial charge is 0.466 e. The minimum absolute atomic E-state index is 0.0522. The SMILES string of the molecule is COC(=O)COC(=O)c1cccc(C(=O)OCC(=O)OC)c1. The number of carbonyl (C=O) groups is 4. The van der Waals surface area contributed by atoms with E-state index in [-0.39, 0.29) is 11.1 Å². The fourth-order valence-electron chi connectivity index (χ4n) is 1.31. The molecule has 1 rings (SSSR count). The molecule has 0 radical (unpaired) electrons. The number of rotatable bonds is 6. The molecule has 1 aromatic rings. The summed E-state index contributed by atoms with van der Waals surface area (Å²) in [6.45, 7) is -1.07. The summed E-state index contributed by atoms with van der Waals surface area (Å²) < 4.78 is 18.0. The van der Waals surface area contributed by atoms with Crippen molar-refractivity contribution in [3.63, 3.8) is 0 Å². The second-order valence-electron chi connectivity index (χ2n) is 3.89. The summed E-state index contributed by atoms with van der Waals surface area (Å²) in [4.78, 5) is 45.2. The normalized spacial score (nSPS) is 9.55. The van der Waals surface area contributed by atoms with Crippen molar-refractivity contribution in [2.45, 2.75) is 0 Å². The first-order valence-corrected chi connectivity index (χ1v) is 6.06. The van der Waals surface area contributed by atoms with Gasteiger partial charge in [-0.3, -0.25) is 0 Å². The van der Waals surface area contributed by atoms with Gasteiger partial charge in [-0.2, -0.15) is 0 Å². The molecule has 0 amide bonds. The molecular formula is C14H14O8. The van der Waals surface area contributed by atoms with Gasteiger partial charge in [-0.05, 0) is 18.2 Å². The zero-order valence-electron chi connectivity index (χ0n) is 12.0. The zero-order valence-corrected chi connectivity index (χ0v) is 12.0. The molecule has 0 atom stereocenters. The second-order valence-corrected chi connectivity index (χ2v) is 3.89. The standard InChI is InChI=1S/C14H14O8/c1-19-11(15)7-21-13(17)9-4-3-5-10(6-9)14(18)22-8-12(16)20-2/h3-6H,7-8H2,1-2H3. The molecule has 8 heteroatoms. The smallest absolute Gasteiger partial charge is 0.344 e. The minimum Gasteiger partial charge on any atom is -0.466 e. The summed E-state index contributed by atoms with van der Waals surface area (Å²) >= 11 is 0. The predicted molar refractivity (Wildman–Crippen MR) is 71.0 cm³/mol.